The summed E-state index contributed by atoms with van der Waals surface area (Å²) in [6, 6.07) is 19.8. The predicted molar refractivity (Wildman–Crippen MR) is 100 cm³/mol. The SMILES string of the molecule is O=C(NC(=S)Nc1ccc(-c2ccc(CO)o2)cc1)c1ccccc1. The van der Waals surface area contributed by atoms with E-state index in [0.717, 1.165) is 11.3 Å². The van der Waals surface area contributed by atoms with Gasteiger partial charge in [-0.05, 0) is 60.7 Å². The van der Waals surface area contributed by atoms with Gasteiger partial charge >= 0.3 is 0 Å². The van der Waals surface area contributed by atoms with Gasteiger partial charge in [-0.3, -0.25) is 10.1 Å². The van der Waals surface area contributed by atoms with Crippen molar-refractivity contribution in [3.05, 3.63) is 78.1 Å². The van der Waals surface area contributed by atoms with E-state index in [2.05, 4.69) is 10.6 Å². The first-order valence-electron chi connectivity index (χ1n) is 7.63. The van der Waals surface area contributed by atoms with E-state index in [1.807, 2.05) is 30.3 Å². The van der Waals surface area contributed by atoms with Crippen molar-refractivity contribution in [1.82, 2.24) is 5.32 Å². The number of aliphatic hydroxyl groups excluding tert-OH is 1. The summed E-state index contributed by atoms with van der Waals surface area (Å²) in [6.07, 6.45) is 0. The third-order valence-electron chi connectivity index (χ3n) is 3.51. The van der Waals surface area contributed by atoms with E-state index in [1.54, 1.807) is 36.4 Å². The summed E-state index contributed by atoms with van der Waals surface area (Å²) in [6.45, 7) is -0.130. The number of thiocarbonyl (C=S) groups is 1. The Bertz CT molecular complexity index is 873. The standard InChI is InChI=1S/C19H16N2O3S/c22-12-16-10-11-17(24-16)13-6-8-15(9-7-13)20-19(25)21-18(23)14-4-2-1-3-5-14/h1-11,22H,12H2,(H2,20,21,23,25). The Morgan fingerprint density at radius 3 is 2.36 bits per heavy atom. The van der Waals surface area contributed by atoms with Crippen LogP contribution in [0.2, 0.25) is 0 Å². The number of hydrogen-bond acceptors (Lipinski definition) is 4. The fourth-order valence-corrected chi connectivity index (χ4v) is 2.47. The zero-order chi connectivity index (χ0) is 17.6. The van der Waals surface area contributed by atoms with Crippen LogP contribution in [0.3, 0.4) is 0 Å². The second-order valence-electron chi connectivity index (χ2n) is 5.28. The molecule has 126 valence electrons. The minimum Gasteiger partial charge on any atom is -0.459 e. The Balaban J connectivity index is 1.61. The molecule has 1 amide bonds. The smallest absolute Gasteiger partial charge is 0.257 e. The predicted octanol–water partition coefficient (Wildman–Crippen LogP) is 3.57. The topological polar surface area (TPSA) is 74.5 Å². The summed E-state index contributed by atoms with van der Waals surface area (Å²) in [7, 11) is 0. The van der Waals surface area contributed by atoms with Crippen LogP contribution in [0.15, 0.2) is 71.1 Å². The van der Waals surface area contributed by atoms with Gasteiger partial charge in [-0.2, -0.15) is 0 Å². The summed E-state index contributed by atoms with van der Waals surface area (Å²) in [5.74, 6) is 0.930. The van der Waals surface area contributed by atoms with Crippen molar-refractivity contribution < 1.29 is 14.3 Å². The third-order valence-corrected chi connectivity index (χ3v) is 3.71. The van der Waals surface area contributed by atoms with E-state index in [1.165, 1.54) is 0 Å². The van der Waals surface area contributed by atoms with E-state index in [9.17, 15) is 4.79 Å². The van der Waals surface area contributed by atoms with Crippen LogP contribution in [0, 0.1) is 0 Å². The van der Waals surface area contributed by atoms with Gasteiger partial charge in [-0.1, -0.05) is 18.2 Å². The molecule has 0 radical (unpaired) electrons. The summed E-state index contributed by atoms with van der Waals surface area (Å²) >= 11 is 5.17. The molecule has 2 aromatic carbocycles. The minimum absolute atomic E-state index is 0.130. The summed E-state index contributed by atoms with van der Waals surface area (Å²) in [5, 5.41) is 14.9. The molecule has 0 aliphatic carbocycles. The average molecular weight is 352 g/mol. The number of carbonyl (C=O) groups is 1. The first-order valence-corrected chi connectivity index (χ1v) is 8.04. The number of hydrogen-bond donors (Lipinski definition) is 3. The van der Waals surface area contributed by atoms with Crippen molar-refractivity contribution >= 4 is 28.9 Å². The van der Waals surface area contributed by atoms with Gasteiger partial charge in [0.2, 0.25) is 0 Å². The number of nitrogens with one attached hydrogen (secondary N) is 2. The maximum absolute atomic E-state index is 12.0. The molecule has 0 bridgehead atoms. The molecule has 3 aromatic rings. The quantitative estimate of drug-likeness (QED) is 0.626. The highest BCUT2D eigenvalue weighted by Crippen LogP contribution is 2.23. The number of furan rings is 1. The van der Waals surface area contributed by atoms with Crippen LogP contribution < -0.4 is 10.6 Å². The van der Waals surface area contributed by atoms with Crippen LogP contribution in [-0.4, -0.2) is 16.1 Å². The van der Waals surface area contributed by atoms with E-state index < -0.39 is 0 Å². The Morgan fingerprint density at radius 1 is 1.00 bits per heavy atom. The Morgan fingerprint density at radius 2 is 1.72 bits per heavy atom. The lowest BCUT2D eigenvalue weighted by atomic mass is 10.1. The number of rotatable bonds is 4. The zero-order valence-corrected chi connectivity index (χ0v) is 14.0. The zero-order valence-electron chi connectivity index (χ0n) is 13.2. The molecule has 0 aliphatic rings. The van der Waals surface area contributed by atoms with Crippen LogP contribution in [0.1, 0.15) is 16.1 Å². The molecule has 0 saturated carbocycles. The van der Waals surface area contributed by atoms with Gasteiger partial charge in [0.1, 0.15) is 18.1 Å². The molecule has 0 fully saturated rings. The van der Waals surface area contributed by atoms with Gasteiger partial charge < -0.3 is 14.8 Å². The molecule has 5 nitrogen and oxygen atoms in total. The van der Waals surface area contributed by atoms with Crippen LogP contribution >= 0.6 is 12.2 Å². The highest BCUT2D eigenvalue weighted by molar-refractivity contribution is 7.80. The molecule has 3 rings (SSSR count). The van der Waals surface area contributed by atoms with Crippen LogP contribution in [0.5, 0.6) is 0 Å². The third kappa shape index (κ3) is 4.32. The normalized spacial score (nSPS) is 10.3. The molecule has 0 unspecified atom stereocenters. The fraction of sp³-hybridized carbons (Fsp3) is 0.0526. The van der Waals surface area contributed by atoms with Crippen LogP contribution in [0.25, 0.3) is 11.3 Å². The number of aliphatic hydroxyl groups is 1. The van der Waals surface area contributed by atoms with Gasteiger partial charge in [0.25, 0.3) is 5.91 Å². The first kappa shape index (κ1) is 16.9. The van der Waals surface area contributed by atoms with Crippen molar-refractivity contribution in [2.24, 2.45) is 0 Å². The van der Waals surface area contributed by atoms with Crippen LogP contribution in [-0.2, 0) is 6.61 Å². The van der Waals surface area contributed by atoms with Crippen molar-refractivity contribution in [3.63, 3.8) is 0 Å². The Kier molecular flexibility index (Phi) is 5.23. The van der Waals surface area contributed by atoms with E-state index in [0.29, 0.717) is 17.1 Å². The molecule has 6 heteroatoms. The number of amides is 1. The fourth-order valence-electron chi connectivity index (χ4n) is 2.26. The highest BCUT2D eigenvalue weighted by Gasteiger charge is 2.08. The number of carbonyl (C=O) groups excluding carboxylic acids is 1. The second kappa shape index (κ2) is 7.74. The van der Waals surface area contributed by atoms with E-state index in [4.69, 9.17) is 21.7 Å². The van der Waals surface area contributed by atoms with Crippen molar-refractivity contribution in [1.29, 1.82) is 0 Å². The lowest BCUT2D eigenvalue weighted by molar-refractivity contribution is 0.0977. The summed E-state index contributed by atoms with van der Waals surface area (Å²) in [4.78, 5) is 12.0. The average Bonchev–Trinajstić information content (AvgIpc) is 3.12. The summed E-state index contributed by atoms with van der Waals surface area (Å²) in [5.41, 5.74) is 2.17. The Hall–Kier alpha value is -2.96. The van der Waals surface area contributed by atoms with E-state index >= 15 is 0 Å². The van der Waals surface area contributed by atoms with E-state index in [-0.39, 0.29) is 17.6 Å². The number of anilines is 1. The molecule has 0 atom stereocenters. The molecule has 0 aliphatic heterocycles. The second-order valence-corrected chi connectivity index (χ2v) is 5.68. The summed E-state index contributed by atoms with van der Waals surface area (Å²) < 4.78 is 5.49. The van der Waals surface area contributed by atoms with Gasteiger partial charge in [0, 0.05) is 16.8 Å². The van der Waals surface area contributed by atoms with Gasteiger partial charge in [0.05, 0.1) is 0 Å². The lowest BCUT2D eigenvalue weighted by Crippen LogP contribution is -2.34. The molecule has 1 heterocycles. The van der Waals surface area contributed by atoms with Gasteiger partial charge in [-0.15, -0.1) is 0 Å². The van der Waals surface area contributed by atoms with Gasteiger partial charge in [-0.25, -0.2) is 0 Å². The molecule has 0 saturated heterocycles. The largest absolute Gasteiger partial charge is 0.459 e. The molecular formula is C19H16N2O3S. The monoisotopic (exact) mass is 352 g/mol. The first-order chi connectivity index (χ1) is 12.2. The van der Waals surface area contributed by atoms with Gasteiger partial charge in [0.15, 0.2) is 5.11 Å². The molecule has 3 N–H and O–H groups in total. The maximum atomic E-state index is 12.0. The molecule has 1 aromatic heterocycles. The van der Waals surface area contributed by atoms with Crippen molar-refractivity contribution in [2.45, 2.75) is 6.61 Å². The maximum Gasteiger partial charge on any atom is 0.257 e. The lowest BCUT2D eigenvalue weighted by Gasteiger charge is -2.10. The Labute approximate surface area is 150 Å². The van der Waals surface area contributed by atoms with Crippen molar-refractivity contribution in [3.8, 4) is 11.3 Å². The molecular weight excluding hydrogens is 336 g/mol. The highest BCUT2D eigenvalue weighted by atomic mass is 32.1. The molecule has 25 heavy (non-hydrogen) atoms. The number of benzene rings is 2. The van der Waals surface area contributed by atoms with Crippen LogP contribution in [0.4, 0.5) is 5.69 Å². The van der Waals surface area contributed by atoms with Crippen molar-refractivity contribution in [2.75, 3.05) is 5.32 Å². The minimum atomic E-state index is -0.262. The molecule has 0 spiro atoms.